The van der Waals surface area contributed by atoms with Gasteiger partial charge in [-0.15, -0.1) is 0 Å². The number of pyridine rings is 1. The highest BCUT2D eigenvalue weighted by atomic mass is 19.4. The lowest BCUT2D eigenvalue weighted by molar-refractivity contribution is -0.137. The summed E-state index contributed by atoms with van der Waals surface area (Å²) in [4.78, 5) is 15.8. The van der Waals surface area contributed by atoms with Crippen molar-refractivity contribution in [3.05, 3.63) is 47.8 Å². The van der Waals surface area contributed by atoms with Crippen molar-refractivity contribution in [1.82, 2.24) is 4.98 Å². The Morgan fingerprint density at radius 2 is 1.73 bits per heavy atom. The Balaban J connectivity index is 2.55. The lowest BCUT2D eigenvalue weighted by Crippen LogP contribution is -2.07. The number of aromatic nitrogens is 1. The number of methoxy groups -OCH3 is 2. The Morgan fingerprint density at radius 3 is 2.23 bits per heavy atom. The maximum atomic E-state index is 12.6. The molecule has 0 aliphatic heterocycles. The quantitative estimate of drug-likeness (QED) is 0.813. The van der Waals surface area contributed by atoms with E-state index in [9.17, 15) is 18.0 Å². The van der Waals surface area contributed by atoms with Crippen molar-refractivity contribution in [1.29, 1.82) is 0 Å². The molecule has 0 atom stereocenters. The predicted molar refractivity (Wildman–Crippen MR) is 72.6 cm³/mol. The summed E-state index contributed by atoms with van der Waals surface area (Å²) in [6.07, 6.45) is -1.71. The van der Waals surface area contributed by atoms with Crippen molar-refractivity contribution in [2.24, 2.45) is 0 Å². The summed E-state index contributed by atoms with van der Waals surface area (Å²) in [6, 6.07) is 4.42. The molecule has 0 aliphatic carbocycles. The number of benzene rings is 1. The van der Waals surface area contributed by atoms with E-state index in [-0.39, 0.29) is 11.3 Å². The maximum Gasteiger partial charge on any atom is 0.416 e. The molecule has 0 bridgehead atoms. The zero-order chi connectivity index (χ0) is 16.3. The number of alkyl halides is 3. The smallest absolute Gasteiger partial charge is 0.416 e. The number of carbonyl (C=O) groups excluding carboxylic acids is 1. The van der Waals surface area contributed by atoms with Crippen LogP contribution in [-0.2, 0) is 10.9 Å². The van der Waals surface area contributed by atoms with Crippen LogP contribution in [0.4, 0.5) is 13.2 Å². The molecule has 4 nitrogen and oxygen atoms in total. The Kier molecular flexibility index (Phi) is 4.35. The van der Waals surface area contributed by atoms with E-state index >= 15 is 0 Å². The fourth-order valence-corrected chi connectivity index (χ4v) is 1.97. The highest BCUT2D eigenvalue weighted by Crippen LogP contribution is 2.33. The number of hydrogen-bond donors (Lipinski definition) is 0. The average molecular weight is 311 g/mol. The van der Waals surface area contributed by atoms with Crippen LogP contribution in [0.25, 0.3) is 11.1 Å². The van der Waals surface area contributed by atoms with E-state index in [2.05, 4.69) is 4.98 Å². The molecule has 2 rings (SSSR count). The summed E-state index contributed by atoms with van der Waals surface area (Å²) < 4.78 is 47.5. The molecule has 116 valence electrons. The minimum absolute atomic E-state index is 0.111. The van der Waals surface area contributed by atoms with Crippen molar-refractivity contribution in [3.63, 3.8) is 0 Å². The third kappa shape index (κ3) is 3.03. The van der Waals surface area contributed by atoms with E-state index < -0.39 is 17.7 Å². The molecule has 0 N–H and O–H groups in total. The van der Waals surface area contributed by atoms with Crippen LogP contribution in [-0.4, -0.2) is 25.2 Å². The topological polar surface area (TPSA) is 48.4 Å². The van der Waals surface area contributed by atoms with E-state index in [1.807, 2.05) is 0 Å². The van der Waals surface area contributed by atoms with Gasteiger partial charge in [-0.2, -0.15) is 13.2 Å². The zero-order valence-corrected chi connectivity index (χ0v) is 11.8. The van der Waals surface area contributed by atoms with Gasteiger partial charge in [0.1, 0.15) is 5.56 Å². The summed E-state index contributed by atoms with van der Waals surface area (Å²) in [5, 5.41) is 0. The second-order valence-electron chi connectivity index (χ2n) is 4.33. The Morgan fingerprint density at radius 1 is 1.09 bits per heavy atom. The van der Waals surface area contributed by atoms with Gasteiger partial charge in [0.2, 0.25) is 0 Å². The molecule has 2 aromatic rings. The molecular weight excluding hydrogens is 299 g/mol. The first-order valence-electron chi connectivity index (χ1n) is 6.16. The molecule has 0 saturated heterocycles. The van der Waals surface area contributed by atoms with E-state index in [0.29, 0.717) is 11.1 Å². The lowest BCUT2D eigenvalue weighted by atomic mass is 10.00. The van der Waals surface area contributed by atoms with Crippen LogP contribution in [0.1, 0.15) is 15.9 Å². The fourth-order valence-electron chi connectivity index (χ4n) is 1.97. The molecule has 0 fully saturated rings. The predicted octanol–water partition coefficient (Wildman–Crippen LogP) is 3.56. The highest BCUT2D eigenvalue weighted by Gasteiger charge is 2.30. The van der Waals surface area contributed by atoms with Crippen molar-refractivity contribution >= 4 is 5.97 Å². The van der Waals surface area contributed by atoms with Gasteiger partial charge in [-0.1, -0.05) is 12.1 Å². The van der Waals surface area contributed by atoms with Crippen molar-refractivity contribution in [2.45, 2.75) is 6.18 Å². The molecule has 22 heavy (non-hydrogen) atoms. The fraction of sp³-hybridized carbons (Fsp3) is 0.200. The van der Waals surface area contributed by atoms with Gasteiger partial charge < -0.3 is 9.47 Å². The van der Waals surface area contributed by atoms with Crippen LogP contribution in [0.15, 0.2) is 36.7 Å². The SMILES string of the molecule is COC(=O)c1c(OC)cncc1-c1ccc(C(F)(F)F)cc1. The van der Waals surface area contributed by atoms with E-state index in [4.69, 9.17) is 9.47 Å². The van der Waals surface area contributed by atoms with Gasteiger partial charge in [0.25, 0.3) is 0 Å². The van der Waals surface area contributed by atoms with Gasteiger partial charge in [0.05, 0.1) is 26.0 Å². The molecule has 1 heterocycles. The number of carbonyl (C=O) groups is 1. The average Bonchev–Trinajstić information content (AvgIpc) is 2.52. The summed E-state index contributed by atoms with van der Waals surface area (Å²) in [5.41, 5.74) is 0.0752. The number of halogens is 3. The Labute approximate surface area is 124 Å². The van der Waals surface area contributed by atoms with Crippen molar-refractivity contribution in [3.8, 4) is 16.9 Å². The molecule has 0 spiro atoms. The third-order valence-corrected chi connectivity index (χ3v) is 3.04. The Bertz CT molecular complexity index is 681. The van der Waals surface area contributed by atoms with Crippen LogP contribution in [0, 0.1) is 0 Å². The van der Waals surface area contributed by atoms with Gasteiger partial charge in [-0.3, -0.25) is 4.98 Å². The van der Waals surface area contributed by atoms with E-state index in [0.717, 1.165) is 12.1 Å². The van der Waals surface area contributed by atoms with Gasteiger partial charge in [0.15, 0.2) is 5.75 Å². The minimum atomic E-state index is -4.42. The number of nitrogens with zero attached hydrogens (tertiary/aromatic N) is 1. The standard InChI is InChI=1S/C15H12F3NO3/c1-21-12-8-19-7-11(13(12)14(20)22-2)9-3-5-10(6-4-9)15(16,17)18/h3-8H,1-2H3. The number of esters is 1. The van der Waals surface area contributed by atoms with Crippen LogP contribution in [0.3, 0.4) is 0 Å². The van der Waals surface area contributed by atoms with Gasteiger partial charge in [-0.25, -0.2) is 4.79 Å². The lowest BCUT2D eigenvalue weighted by Gasteiger charge is -2.12. The van der Waals surface area contributed by atoms with Crippen LogP contribution < -0.4 is 4.74 Å². The number of hydrogen-bond acceptors (Lipinski definition) is 4. The first-order valence-corrected chi connectivity index (χ1v) is 6.16. The maximum absolute atomic E-state index is 12.6. The monoisotopic (exact) mass is 311 g/mol. The third-order valence-electron chi connectivity index (χ3n) is 3.04. The molecular formula is C15H12F3NO3. The summed E-state index contributed by atoms with van der Waals surface area (Å²) in [5.74, 6) is -0.474. The summed E-state index contributed by atoms with van der Waals surface area (Å²) in [6.45, 7) is 0. The minimum Gasteiger partial charge on any atom is -0.494 e. The molecule has 0 aliphatic rings. The van der Waals surface area contributed by atoms with E-state index in [1.165, 1.54) is 38.7 Å². The summed E-state index contributed by atoms with van der Waals surface area (Å²) in [7, 11) is 2.57. The molecule has 0 unspecified atom stereocenters. The Hall–Kier alpha value is -2.57. The summed E-state index contributed by atoms with van der Waals surface area (Å²) >= 11 is 0. The first kappa shape index (κ1) is 15.8. The molecule has 0 radical (unpaired) electrons. The molecule has 1 aromatic heterocycles. The highest BCUT2D eigenvalue weighted by molar-refractivity contribution is 5.99. The van der Waals surface area contributed by atoms with Crippen LogP contribution >= 0.6 is 0 Å². The number of rotatable bonds is 3. The van der Waals surface area contributed by atoms with Crippen molar-refractivity contribution in [2.75, 3.05) is 14.2 Å². The van der Waals surface area contributed by atoms with Crippen molar-refractivity contribution < 1.29 is 27.4 Å². The first-order chi connectivity index (χ1) is 10.4. The normalized spacial score (nSPS) is 11.1. The van der Waals surface area contributed by atoms with Gasteiger partial charge in [0, 0.05) is 11.8 Å². The largest absolute Gasteiger partial charge is 0.494 e. The molecule has 0 amide bonds. The second-order valence-corrected chi connectivity index (χ2v) is 4.33. The van der Waals surface area contributed by atoms with Gasteiger partial charge in [-0.05, 0) is 17.7 Å². The van der Waals surface area contributed by atoms with Crippen LogP contribution in [0.5, 0.6) is 5.75 Å². The van der Waals surface area contributed by atoms with E-state index in [1.54, 1.807) is 0 Å². The van der Waals surface area contributed by atoms with Gasteiger partial charge >= 0.3 is 12.1 Å². The molecule has 1 aromatic carbocycles. The molecule has 0 saturated carbocycles. The number of ether oxygens (including phenoxy) is 2. The van der Waals surface area contributed by atoms with Crippen LogP contribution in [0.2, 0.25) is 0 Å². The molecule has 7 heteroatoms. The zero-order valence-electron chi connectivity index (χ0n) is 11.8. The second kappa shape index (κ2) is 6.05.